The Balaban J connectivity index is 1.61. The zero-order chi connectivity index (χ0) is 16.5. The fourth-order valence-corrected chi connectivity index (χ4v) is 4.00. The van der Waals surface area contributed by atoms with Gasteiger partial charge in [0.2, 0.25) is 5.91 Å². The fraction of sp³-hybridized carbons (Fsp3) is 0.632. The number of hydrogen-bond acceptors (Lipinski definition) is 2. The van der Waals surface area contributed by atoms with Crippen LogP contribution in [0.4, 0.5) is 4.39 Å². The number of carbonyl (C=O) groups is 1. The van der Waals surface area contributed by atoms with E-state index in [0.717, 1.165) is 37.0 Å². The highest BCUT2D eigenvalue weighted by molar-refractivity contribution is 5.87. The molecule has 1 amide bonds. The lowest BCUT2D eigenvalue weighted by atomic mass is 9.42. The number of hydrogen-bond donors (Lipinski definition) is 1. The van der Waals surface area contributed by atoms with Crippen LogP contribution < -0.4 is 10.1 Å². The van der Waals surface area contributed by atoms with E-state index in [1.165, 1.54) is 0 Å². The number of amides is 1. The third-order valence-electron chi connectivity index (χ3n) is 5.30. The zero-order valence-corrected chi connectivity index (χ0v) is 14.0. The summed E-state index contributed by atoms with van der Waals surface area (Å²) < 4.78 is 18.9. The van der Waals surface area contributed by atoms with E-state index in [0.29, 0.717) is 19.3 Å². The highest BCUT2D eigenvalue weighted by atomic mass is 19.1. The minimum atomic E-state index is -1.02. The first-order valence-corrected chi connectivity index (χ1v) is 8.61. The lowest BCUT2D eigenvalue weighted by molar-refractivity contribution is -0.214. The van der Waals surface area contributed by atoms with Crippen molar-refractivity contribution in [2.45, 2.75) is 63.6 Å². The molecular weight excluding hydrogens is 293 g/mol. The van der Waals surface area contributed by atoms with Crippen molar-refractivity contribution in [3.63, 3.8) is 0 Å². The maximum absolute atomic E-state index is 13.7. The van der Waals surface area contributed by atoms with Crippen LogP contribution in [0.25, 0.3) is 0 Å². The molecule has 0 aliphatic heterocycles. The van der Waals surface area contributed by atoms with Crippen LogP contribution in [-0.2, 0) is 11.2 Å². The van der Waals surface area contributed by atoms with Gasteiger partial charge in [-0.1, -0.05) is 31.9 Å². The maximum atomic E-state index is 13.7. The van der Waals surface area contributed by atoms with Crippen LogP contribution in [0.15, 0.2) is 24.3 Å². The number of benzene rings is 1. The van der Waals surface area contributed by atoms with E-state index in [1.807, 2.05) is 18.2 Å². The number of halogens is 1. The Kier molecular flexibility index (Phi) is 4.35. The van der Waals surface area contributed by atoms with Gasteiger partial charge < -0.3 is 10.1 Å². The van der Waals surface area contributed by atoms with E-state index in [2.05, 4.69) is 18.3 Å². The number of rotatable bonds is 8. The van der Waals surface area contributed by atoms with Crippen LogP contribution in [-0.4, -0.2) is 24.7 Å². The van der Waals surface area contributed by atoms with Gasteiger partial charge in [0.25, 0.3) is 0 Å². The summed E-state index contributed by atoms with van der Waals surface area (Å²) in [5.41, 5.74) is -0.262. The molecule has 0 saturated heterocycles. The number of unbranched alkanes of at least 4 members (excludes halogenated alkanes) is 1. The van der Waals surface area contributed by atoms with E-state index in [-0.39, 0.29) is 11.9 Å². The molecule has 2 bridgehead atoms. The Labute approximate surface area is 137 Å². The zero-order valence-electron chi connectivity index (χ0n) is 14.0. The summed E-state index contributed by atoms with van der Waals surface area (Å²) in [6.07, 6.45) is 5.19. The highest BCUT2D eigenvalue weighted by Gasteiger charge is 2.72. The fourth-order valence-electron chi connectivity index (χ4n) is 4.00. The molecule has 3 nitrogen and oxygen atoms in total. The van der Waals surface area contributed by atoms with Gasteiger partial charge in [-0.05, 0) is 49.8 Å². The standard InChI is InChI=1S/C19H26FNO2/c1-3-4-7-15(9-14-6-5-8-16(10-14)23-2)21-17(22)18-11-19(20,12-18)13-18/h5-6,8,10,15H,3-4,7,9,11-13H2,1-2H3,(H,21,22)/t15-,18?,19?/m0/s1. The molecule has 1 atom stereocenters. The summed E-state index contributed by atoms with van der Waals surface area (Å²) in [7, 11) is 1.66. The van der Waals surface area contributed by atoms with Gasteiger partial charge in [0, 0.05) is 6.04 Å². The molecule has 0 heterocycles. The van der Waals surface area contributed by atoms with Crippen LogP contribution in [0, 0.1) is 5.41 Å². The molecule has 4 rings (SSSR count). The summed E-state index contributed by atoms with van der Waals surface area (Å²) in [5, 5.41) is 3.19. The van der Waals surface area contributed by atoms with Crippen LogP contribution in [0.3, 0.4) is 0 Å². The largest absolute Gasteiger partial charge is 0.497 e. The first kappa shape index (κ1) is 16.3. The summed E-state index contributed by atoms with van der Waals surface area (Å²) in [5.74, 6) is 0.892. The molecule has 3 aliphatic carbocycles. The average Bonchev–Trinajstić information content (AvgIpc) is 2.48. The predicted molar refractivity (Wildman–Crippen MR) is 88.3 cm³/mol. The Morgan fingerprint density at radius 2 is 2.13 bits per heavy atom. The van der Waals surface area contributed by atoms with Crippen molar-refractivity contribution >= 4 is 5.91 Å². The Morgan fingerprint density at radius 1 is 1.39 bits per heavy atom. The lowest BCUT2D eigenvalue weighted by Gasteiger charge is -2.64. The van der Waals surface area contributed by atoms with E-state index >= 15 is 0 Å². The summed E-state index contributed by atoms with van der Waals surface area (Å²) in [6.45, 7) is 2.15. The number of methoxy groups -OCH3 is 1. The highest BCUT2D eigenvalue weighted by Crippen LogP contribution is 2.69. The van der Waals surface area contributed by atoms with Gasteiger partial charge in [-0.15, -0.1) is 0 Å². The number of carbonyl (C=O) groups excluding carboxylic acids is 1. The van der Waals surface area contributed by atoms with Crippen molar-refractivity contribution in [1.82, 2.24) is 5.32 Å². The lowest BCUT2D eigenvalue weighted by Crippen LogP contribution is -2.70. The molecule has 3 saturated carbocycles. The van der Waals surface area contributed by atoms with Gasteiger partial charge in [-0.3, -0.25) is 4.79 Å². The predicted octanol–water partition coefficient (Wildman–Crippen LogP) is 3.80. The smallest absolute Gasteiger partial charge is 0.226 e. The quantitative estimate of drug-likeness (QED) is 0.791. The average molecular weight is 319 g/mol. The molecule has 0 spiro atoms. The monoisotopic (exact) mass is 319 g/mol. The molecule has 1 N–H and O–H groups in total. The molecule has 126 valence electrons. The third-order valence-corrected chi connectivity index (χ3v) is 5.30. The van der Waals surface area contributed by atoms with Crippen LogP contribution in [0.5, 0.6) is 5.75 Å². The van der Waals surface area contributed by atoms with Crippen molar-refractivity contribution in [1.29, 1.82) is 0 Å². The van der Waals surface area contributed by atoms with Crippen molar-refractivity contribution < 1.29 is 13.9 Å². The number of alkyl halides is 1. The molecule has 3 fully saturated rings. The molecule has 0 unspecified atom stereocenters. The summed E-state index contributed by atoms with van der Waals surface area (Å²) >= 11 is 0. The van der Waals surface area contributed by atoms with Crippen LogP contribution in [0.2, 0.25) is 0 Å². The Bertz CT molecular complexity index is 567. The second-order valence-corrected chi connectivity index (χ2v) is 7.33. The molecule has 3 aliphatic rings. The van der Waals surface area contributed by atoms with Crippen molar-refractivity contribution in [3.8, 4) is 5.75 Å². The van der Waals surface area contributed by atoms with Crippen molar-refractivity contribution in [2.75, 3.05) is 7.11 Å². The topological polar surface area (TPSA) is 38.3 Å². The maximum Gasteiger partial charge on any atom is 0.226 e. The van der Waals surface area contributed by atoms with Gasteiger partial charge in [0.05, 0.1) is 12.5 Å². The van der Waals surface area contributed by atoms with Gasteiger partial charge in [-0.25, -0.2) is 4.39 Å². The van der Waals surface area contributed by atoms with Gasteiger partial charge in [0.1, 0.15) is 11.4 Å². The number of nitrogens with one attached hydrogen (secondary N) is 1. The van der Waals surface area contributed by atoms with Gasteiger partial charge >= 0.3 is 0 Å². The molecule has 4 heteroatoms. The van der Waals surface area contributed by atoms with E-state index in [1.54, 1.807) is 7.11 Å². The molecule has 23 heavy (non-hydrogen) atoms. The minimum Gasteiger partial charge on any atom is -0.497 e. The van der Waals surface area contributed by atoms with Gasteiger partial charge in [-0.2, -0.15) is 0 Å². The first-order chi connectivity index (χ1) is 11.0. The molecule has 1 aromatic rings. The van der Waals surface area contributed by atoms with Crippen molar-refractivity contribution in [2.24, 2.45) is 5.41 Å². The summed E-state index contributed by atoms with van der Waals surface area (Å²) in [4.78, 5) is 12.5. The van der Waals surface area contributed by atoms with Gasteiger partial charge in [0.15, 0.2) is 0 Å². The second-order valence-electron chi connectivity index (χ2n) is 7.33. The number of ether oxygens (including phenoxy) is 1. The molecular formula is C19H26FNO2. The van der Waals surface area contributed by atoms with Crippen LogP contribution >= 0.6 is 0 Å². The van der Waals surface area contributed by atoms with E-state index in [4.69, 9.17) is 4.74 Å². The second kappa shape index (κ2) is 6.14. The minimum absolute atomic E-state index is 0.0565. The molecule has 0 aromatic heterocycles. The SMILES string of the molecule is CCCC[C@@H](Cc1cccc(OC)c1)NC(=O)C12CC(F)(C1)C2. The van der Waals surface area contributed by atoms with E-state index < -0.39 is 11.1 Å². The first-order valence-electron chi connectivity index (χ1n) is 8.61. The summed E-state index contributed by atoms with van der Waals surface area (Å²) in [6, 6.07) is 8.08. The Morgan fingerprint density at radius 3 is 2.74 bits per heavy atom. The molecule has 0 radical (unpaired) electrons. The third kappa shape index (κ3) is 3.22. The van der Waals surface area contributed by atoms with Crippen LogP contribution in [0.1, 0.15) is 51.0 Å². The van der Waals surface area contributed by atoms with Crippen molar-refractivity contribution in [3.05, 3.63) is 29.8 Å². The van der Waals surface area contributed by atoms with E-state index in [9.17, 15) is 9.18 Å². The Hall–Kier alpha value is -1.58. The normalized spacial score (nSPS) is 29.2. The molecule has 1 aromatic carbocycles.